The number of hydrogen-bond donors (Lipinski definition) is 0. The lowest BCUT2D eigenvalue weighted by atomic mass is 10.2. The van der Waals surface area contributed by atoms with Gasteiger partial charge in [0.1, 0.15) is 0 Å². The Hall–Kier alpha value is -1.77. The predicted molar refractivity (Wildman–Crippen MR) is 54.3 cm³/mol. The van der Waals surface area contributed by atoms with Crippen molar-refractivity contribution in [1.29, 1.82) is 0 Å². The van der Waals surface area contributed by atoms with Crippen LogP contribution < -0.4 is 9.47 Å². The number of carbonyl (C=O) groups excluding carboxylic acids is 1. The van der Waals surface area contributed by atoms with Crippen LogP contribution in [-0.4, -0.2) is 20.5 Å². The third kappa shape index (κ3) is 2.36. The van der Waals surface area contributed by atoms with Crippen LogP contribution in [0.3, 0.4) is 0 Å². The van der Waals surface area contributed by atoms with Crippen LogP contribution in [0.15, 0.2) is 24.3 Å². The van der Waals surface area contributed by atoms with Gasteiger partial charge in [0.25, 0.3) is 0 Å². The standard InChI is InChI=1S/C11H11O3/c1-13-10-6-5-9(4-3-7-12)8-11(10)14-2/h3-6,8H,1-2H3. The molecule has 3 nitrogen and oxygen atoms in total. The lowest BCUT2D eigenvalue weighted by Crippen LogP contribution is -1.90. The molecule has 0 atom stereocenters. The fourth-order valence-electron chi connectivity index (χ4n) is 1.09. The maximum Gasteiger partial charge on any atom is 0.225 e. The Morgan fingerprint density at radius 3 is 2.50 bits per heavy atom. The Labute approximate surface area is 83.0 Å². The van der Waals surface area contributed by atoms with Crippen LogP contribution in [0.5, 0.6) is 11.5 Å². The minimum atomic E-state index is 0.639. The number of ether oxygens (including phenoxy) is 2. The molecule has 1 aromatic rings. The molecule has 0 aliphatic carbocycles. The molecule has 1 radical (unpaired) electrons. The Morgan fingerprint density at radius 2 is 1.93 bits per heavy atom. The van der Waals surface area contributed by atoms with E-state index in [1.54, 1.807) is 38.7 Å². The van der Waals surface area contributed by atoms with Crippen LogP contribution in [0.4, 0.5) is 0 Å². The second-order valence-corrected chi connectivity index (χ2v) is 2.57. The van der Waals surface area contributed by atoms with Gasteiger partial charge in [-0.3, -0.25) is 4.79 Å². The van der Waals surface area contributed by atoms with Gasteiger partial charge in [-0.2, -0.15) is 0 Å². The minimum absolute atomic E-state index is 0.639. The SMILES string of the molecule is COc1ccc(C=C[C]=O)cc1OC. The number of rotatable bonds is 4. The van der Waals surface area contributed by atoms with Crippen LogP contribution >= 0.6 is 0 Å². The van der Waals surface area contributed by atoms with E-state index in [0.717, 1.165) is 5.56 Å². The van der Waals surface area contributed by atoms with Gasteiger partial charge in [-0.15, -0.1) is 0 Å². The first kappa shape index (κ1) is 10.3. The van der Waals surface area contributed by atoms with Gasteiger partial charge < -0.3 is 9.47 Å². The highest BCUT2D eigenvalue weighted by Gasteiger charge is 2.01. The van der Waals surface area contributed by atoms with E-state index in [9.17, 15) is 4.79 Å². The molecular formula is C11H11O3. The molecule has 0 fully saturated rings. The van der Waals surface area contributed by atoms with Crippen LogP contribution in [0.25, 0.3) is 6.08 Å². The van der Waals surface area contributed by atoms with Crippen molar-refractivity contribution < 1.29 is 14.3 Å². The molecule has 14 heavy (non-hydrogen) atoms. The molecule has 0 amide bonds. The third-order valence-electron chi connectivity index (χ3n) is 1.75. The maximum atomic E-state index is 9.99. The third-order valence-corrected chi connectivity index (χ3v) is 1.75. The average Bonchev–Trinajstić information content (AvgIpc) is 2.25. The fraction of sp³-hybridized carbons (Fsp3) is 0.182. The Morgan fingerprint density at radius 1 is 1.21 bits per heavy atom. The van der Waals surface area contributed by atoms with Gasteiger partial charge in [0.2, 0.25) is 6.29 Å². The van der Waals surface area contributed by atoms with E-state index >= 15 is 0 Å². The second kappa shape index (κ2) is 5.07. The highest BCUT2D eigenvalue weighted by molar-refractivity contribution is 5.74. The molecule has 0 bridgehead atoms. The van der Waals surface area contributed by atoms with E-state index in [0.29, 0.717) is 11.5 Å². The summed E-state index contributed by atoms with van der Waals surface area (Å²) >= 11 is 0. The van der Waals surface area contributed by atoms with E-state index in [2.05, 4.69) is 0 Å². The van der Waals surface area contributed by atoms with Crippen molar-refractivity contribution >= 4 is 12.4 Å². The lowest BCUT2D eigenvalue weighted by Gasteiger charge is -2.07. The van der Waals surface area contributed by atoms with Crippen LogP contribution in [-0.2, 0) is 4.79 Å². The molecule has 73 valence electrons. The van der Waals surface area contributed by atoms with Crippen molar-refractivity contribution in [3.8, 4) is 11.5 Å². The lowest BCUT2D eigenvalue weighted by molar-refractivity contribution is 0.355. The molecule has 0 aliphatic rings. The van der Waals surface area contributed by atoms with E-state index in [4.69, 9.17) is 9.47 Å². The Kier molecular flexibility index (Phi) is 3.73. The first-order valence-electron chi connectivity index (χ1n) is 4.08. The molecule has 0 unspecified atom stereocenters. The second-order valence-electron chi connectivity index (χ2n) is 2.57. The quantitative estimate of drug-likeness (QED) is 0.681. The zero-order valence-electron chi connectivity index (χ0n) is 8.11. The minimum Gasteiger partial charge on any atom is -0.493 e. The molecule has 0 saturated carbocycles. The van der Waals surface area contributed by atoms with Gasteiger partial charge in [-0.1, -0.05) is 12.1 Å². The summed E-state index contributed by atoms with van der Waals surface area (Å²) < 4.78 is 10.2. The molecule has 0 aromatic heterocycles. The fourth-order valence-corrected chi connectivity index (χ4v) is 1.09. The highest BCUT2D eigenvalue weighted by Crippen LogP contribution is 2.27. The van der Waals surface area contributed by atoms with Crippen LogP contribution in [0.2, 0.25) is 0 Å². The summed E-state index contributed by atoms with van der Waals surface area (Å²) in [7, 11) is 3.14. The number of allylic oxidation sites excluding steroid dienone is 1. The smallest absolute Gasteiger partial charge is 0.225 e. The summed E-state index contributed by atoms with van der Waals surface area (Å²) in [6, 6.07) is 5.39. The molecule has 0 spiro atoms. The van der Waals surface area contributed by atoms with Crippen molar-refractivity contribution in [1.82, 2.24) is 0 Å². The molecular weight excluding hydrogens is 180 g/mol. The highest BCUT2D eigenvalue weighted by atomic mass is 16.5. The predicted octanol–water partition coefficient (Wildman–Crippen LogP) is 1.83. The van der Waals surface area contributed by atoms with Gasteiger partial charge in [-0.25, -0.2) is 0 Å². The number of hydrogen-bond acceptors (Lipinski definition) is 3. The summed E-state index contributed by atoms with van der Waals surface area (Å²) in [5, 5.41) is 0. The summed E-state index contributed by atoms with van der Waals surface area (Å²) in [6.45, 7) is 0. The molecule has 1 rings (SSSR count). The van der Waals surface area contributed by atoms with Crippen LogP contribution in [0, 0.1) is 0 Å². The molecule has 0 N–H and O–H groups in total. The topological polar surface area (TPSA) is 35.5 Å². The van der Waals surface area contributed by atoms with E-state index < -0.39 is 0 Å². The number of methoxy groups -OCH3 is 2. The van der Waals surface area contributed by atoms with E-state index in [-0.39, 0.29) is 0 Å². The van der Waals surface area contributed by atoms with Gasteiger partial charge >= 0.3 is 0 Å². The first-order chi connectivity index (χ1) is 6.81. The average molecular weight is 191 g/mol. The molecule has 0 heterocycles. The van der Waals surface area contributed by atoms with E-state index in [1.165, 1.54) is 6.08 Å². The van der Waals surface area contributed by atoms with E-state index in [1.807, 2.05) is 6.07 Å². The molecule has 0 aliphatic heterocycles. The van der Waals surface area contributed by atoms with Crippen molar-refractivity contribution in [2.75, 3.05) is 14.2 Å². The van der Waals surface area contributed by atoms with Crippen molar-refractivity contribution in [3.63, 3.8) is 0 Å². The van der Waals surface area contributed by atoms with Gasteiger partial charge in [-0.05, 0) is 23.8 Å². The summed E-state index contributed by atoms with van der Waals surface area (Å²) in [5.74, 6) is 1.31. The number of benzene rings is 1. The van der Waals surface area contributed by atoms with Gasteiger partial charge in [0.05, 0.1) is 14.2 Å². The zero-order chi connectivity index (χ0) is 10.4. The summed E-state index contributed by atoms with van der Waals surface area (Å²) in [6.07, 6.45) is 4.63. The molecule has 3 heteroatoms. The van der Waals surface area contributed by atoms with Crippen molar-refractivity contribution in [3.05, 3.63) is 29.8 Å². The Balaban J connectivity index is 3.00. The van der Waals surface area contributed by atoms with Gasteiger partial charge in [0.15, 0.2) is 11.5 Å². The summed E-state index contributed by atoms with van der Waals surface area (Å²) in [4.78, 5) is 9.99. The van der Waals surface area contributed by atoms with Gasteiger partial charge in [0, 0.05) is 0 Å². The monoisotopic (exact) mass is 191 g/mol. The first-order valence-corrected chi connectivity index (χ1v) is 4.08. The largest absolute Gasteiger partial charge is 0.493 e. The maximum absolute atomic E-state index is 9.99. The van der Waals surface area contributed by atoms with Crippen LogP contribution in [0.1, 0.15) is 5.56 Å². The van der Waals surface area contributed by atoms with Crippen molar-refractivity contribution in [2.45, 2.75) is 0 Å². The Bertz CT molecular complexity index is 342. The molecule has 1 aromatic carbocycles. The zero-order valence-corrected chi connectivity index (χ0v) is 8.11. The van der Waals surface area contributed by atoms with Crippen molar-refractivity contribution in [2.24, 2.45) is 0 Å². The summed E-state index contributed by atoms with van der Waals surface area (Å²) in [5.41, 5.74) is 0.867. The normalized spacial score (nSPS) is 10.1. The molecule has 0 saturated heterocycles.